The minimum atomic E-state index is -0.316. The number of thiazole rings is 1. The summed E-state index contributed by atoms with van der Waals surface area (Å²) in [7, 11) is 0. The Morgan fingerprint density at radius 1 is 0.952 bits per heavy atom. The molecule has 1 aromatic heterocycles. The lowest BCUT2D eigenvalue weighted by Gasteiger charge is -2.12. The molecule has 0 saturated heterocycles. The van der Waals surface area contributed by atoms with Crippen LogP contribution in [0.15, 0.2) is 101 Å². The molecule has 0 radical (unpaired) electrons. The molecule has 212 valence electrons. The number of hydrazone groups is 1. The van der Waals surface area contributed by atoms with Gasteiger partial charge >= 0.3 is 0 Å². The third-order valence-corrected chi connectivity index (χ3v) is 7.21. The van der Waals surface area contributed by atoms with E-state index in [4.69, 9.17) is 21.1 Å². The third kappa shape index (κ3) is 7.75. The molecule has 42 heavy (non-hydrogen) atoms. The Morgan fingerprint density at radius 3 is 2.45 bits per heavy atom. The Morgan fingerprint density at radius 2 is 1.71 bits per heavy atom. The predicted molar refractivity (Wildman–Crippen MR) is 170 cm³/mol. The zero-order valence-electron chi connectivity index (χ0n) is 23.1. The summed E-state index contributed by atoms with van der Waals surface area (Å²) >= 11 is 7.45. The highest BCUT2D eigenvalue weighted by Crippen LogP contribution is 2.30. The minimum Gasteiger partial charge on any atom is -0.490 e. The average Bonchev–Trinajstić information content (AvgIpc) is 3.47. The van der Waals surface area contributed by atoms with Crippen molar-refractivity contribution in [2.45, 2.75) is 20.5 Å². The molecule has 1 heterocycles. The summed E-state index contributed by atoms with van der Waals surface area (Å²) in [4.78, 5) is 17.3. The molecule has 0 fully saturated rings. The van der Waals surface area contributed by atoms with E-state index in [-0.39, 0.29) is 5.91 Å². The summed E-state index contributed by atoms with van der Waals surface area (Å²) in [5, 5.41) is 10.8. The summed E-state index contributed by atoms with van der Waals surface area (Å²) in [6.07, 6.45) is 1.57. The summed E-state index contributed by atoms with van der Waals surface area (Å²) in [5.74, 6) is 0.944. The van der Waals surface area contributed by atoms with Gasteiger partial charge in [0.15, 0.2) is 16.6 Å². The molecule has 4 aromatic carbocycles. The van der Waals surface area contributed by atoms with Crippen LogP contribution in [0.2, 0.25) is 5.02 Å². The SMILES string of the molecule is CCOc1cc(/C=N\NC(=O)c2ccc(-c3csc(Nc4ccc(Cl)cc4)n3)cc2)ccc1OCc1ccc(C)cc1. The number of nitrogens with zero attached hydrogens (tertiary/aromatic N) is 2. The number of halogens is 1. The summed E-state index contributed by atoms with van der Waals surface area (Å²) in [5.41, 5.74) is 8.75. The first kappa shape index (κ1) is 28.9. The maximum Gasteiger partial charge on any atom is 0.271 e. The third-order valence-electron chi connectivity index (χ3n) is 6.20. The van der Waals surface area contributed by atoms with Gasteiger partial charge in [-0.1, -0.05) is 53.6 Å². The van der Waals surface area contributed by atoms with Crippen LogP contribution >= 0.6 is 22.9 Å². The molecule has 0 aliphatic heterocycles. The van der Waals surface area contributed by atoms with E-state index in [2.05, 4.69) is 39.9 Å². The van der Waals surface area contributed by atoms with E-state index < -0.39 is 0 Å². The maximum absolute atomic E-state index is 12.7. The Balaban J connectivity index is 1.17. The van der Waals surface area contributed by atoms with E-state index in [9.17, 15) is 4.79 Å². The molecule has 0 spiro atoms. The van der Waals surface area contributed by atoms with E-state index in [0.717, 1.165) is 33.2 Å². The molecule has 7 nitrogen and oxygen atoms in total. The molecule has 5 aromatic rings. The number of rotatable bonds is 11. The van der Waals surface area contributed by atoms with Crippen LogP contribution in [-0.4, -0.2) is 23.7 Å². The van der Waals surface area contributed by atoms with Crippen molar-refractivity contribution in [3.63, 3.8) is 0 Å². The van der Waals surface area contributed by atoms with Gasteiger partial charge in [0.05, 0.1) is 18.5 Å². The Labute approximate surface area is 253 Å². The van der Waals surface area contributed by atoms with Crippen molar-refractivity contribution in [2.24, 2.45) is 5.10 Å². The van der Waals surface area contributed by atoms with Gasteiger partial charge in [-0.05, 0) is 79.6 Å². The van der Waals surface area contributed by atoms with Gasteiger partial charge in [-0.3, -0.25) is 4.79 Å². The van der Waals surface area contributed by atoms with Crippen LogP contribution in [0.1, 0.15) is 34.0 Å². The van der Waals surface area contributed by atoms with Gasteiger partial charge in [-0.25, -0.2) is 10.4 Å². The molecule has 0 aliphatic rings. The lowest BCUT2D eigenvalue weighted by molar-refractivity contribution is 0.0955. The van der Waals surface area contributed by atoms with Crippen LogP contribution in [-0.2, 0) is 6.61 Å². The van der Waals surface area contributed by atoms with Crippen LogP contribution in [0.3, 0.4) is 0 Å². The van der Waals surface area contributed by atoms with Crippen LogP contribution < -0.4 is 20.2 Å². The molecule has 0 aliphatic carbocycles. The van der Waals surface area contributed by atoms with Gasteiger partial charge in [-0.15, -0.1) is 11.3 Å². The number of aromatic nitrogens is 1. The molecular formula is C33H29ClN4O3S. The monoisotopic (exact) mass is 596 g/mol. The van der Waals surface area contributed by atoms with Gasteiger partial charge in [0.1, 0.15) is 6.61 Å². The first-order valence-corrected chi connectivity index (χ1v) is 14.6. The average molecular weight is 597 g/mol. The first-order chi connectivity index (χ1) is 20.5. The molecule has 0 saturated carbocycles. The smallest absolute Gasteiger partial charge is 0.271 e. The van der Waals surface area contributed by atoms with Crippen molar-refractivity contribution in [3.8, 4) is 22.8 Å². The van der Waals surface area contributed by atoms with Crippen molar-refractivity contribution in [1.29, 1.82) is 0 Å². The number of hydrogen-bond acceptors (Lipinski definition) is 7. The van der Waals surface area contributed by atoms with Crippen molar-refractivity contribution in [1.82, 2.24) is 10.4 Å². The number of aryl methyl sites for hydroxylation is 1. The second-order valence-electron chi connectivity index (χ2n) is 9.36. The van der Waals surface area contributed by atoms with Gasteiger partial charge < -0.3 is 14.8 Å². The fourth-order valence-corrected chi connectivity index (χ4v) is 4.85. The van der Waals surface area contributed by atoms with Gasteiger partial charge in [0.2, 0.25) is 0 Å². The number of amides is 1. The van der Waals surface area contributed by atoms with E-state index in [1.54, 1.807) is 18.3 Å². The number of anilines is 2. The topological polar surface area (TPSA) is 84.8 Å². The minimum absolute atomic E-state index is 0.316. The Hall–Kier alpha value is -4.66. The summed E-state index contributed by atoms with van der Waals surface area (Å²) < 4.78 is 11.8. The fourth-order valence-electron chi connectivity index (χ4n) is 3.98. The van der Waals surface area contributed by atoms with Gasteiger partial charge in [-0.2, -0.15) is 5.10 Å². The fraction of sp³-hybridized carbons (Fsp3) is 0.121. The number of ether oxygens (including phenoxy) is 2. The molecule has 5 rings (SSSR count). The molecule has 0 bridgehead atoms. The predicted octanol–water partition coefficient (Wildman–Crippen LogP) is 8.26. The van der Waals surface area contributed by atoms with Crippen LogP contribution in [0.5, 0.6) is 11.5 Å². The zero-order chi connectivity index (χ0) is 29.3. The highest BCUT2D eigenvalue weighted by molar-refractivity contribution is 7.14. The normalized spacial score (nSPS) is 10.9. The lowest BCUT2D eigenvalue weighted by Crippen LogP contribution is -2.17. The summed E-state index contributed by atoms with van der Waals surface area (Å²) in [6.45, 7) is 4.90. The molecule has 2 N–H and O–H groups in total. The number of benzene rings is 4. The van der Waals surface area contributed by atoms with Crippen molar-refractivity contribution < 1.29 is 14.3 Å². The number of carbonyl (C=O) groups excluding carboxylic acids is 1. The quantitative estimate of drug-likeness (QED) is 0.118. The largest absolute Gasteiger partial charge is 0.490 e. The second-order valence-corrected chi connectivity index (χ2v) is 10.7. The molecule has 0 unspecified atom stereocenters. The number of nitrogens with one attached hydrogen (secondary N) is 2. The standard InChI is InChI=1S/C33H29ClN4O3S/c1-3-40-31-18-24(8-17-30(31)41-20-23-6-4-22(2)5-7-23)19-35-38-32(39)26-11-9-25(10-12-26)29-21-42-33(37-29)36-28-15-13-27(34)14-16-28/h4-19,21H,3,20H2,1-2H3,(H,36,37)(H,38,39)/b35-19-. The molecule has 0 atom stereocenters. The Kier molecular flexibility index (Phi) is 9.48. The van der Waals surface area contributed by atoms with Crippen LogP contribution in [0, 0.1) is 6.92 Å². The molecular weight excluding hydrogens is 568 g/mol. The van der Waals surface area contributed by atoms with Crippen molar-refractivity contribution in [3.05, 3.63) is 124 Å². The number of hydrogen-bond donors (Lipinski definition) is 2. The van der Waals surface area contributed by atoms with E-state index >= 15 is 0 Å². The van der Waals surface area contributed by atoms with E-state index in [1.165, 1.54) is 16.9 Å². The van der Waals surface area contributed by atoms with E-state index in [1.807, 2.05) is 79.0 Å². The molecule has 1 amide bonds. The van der Waals surface area contributed by atoms with E-state index in [0.29, 0.717) is 35.3 Å². The first-order valence-electron chi connectivity index (χ1n) is 13.3. The van der Waals surface area contributed by atoms with Crippen molar-refractivity contribution in [2.75, 3.05) is 11.9 Å². The number of carbonyl (C=O) groups is 1. The van der Waals surface area contributed by atoms with Gasteiger partial charge in [0.25, 0.3) is 5.91 Å². The second kappa shape index (κ2) is 13.8. The van der Waals surface area contributed by atoms with Crippen LogP contribution in [0.25, 0.3) is 11.3 Å². The van der Waals surface area contributed by atoms with Gasteiger partial charge in [0, 0.05) is 27.2 Å². The summed E-state index contributed by atoms with van der Waals surface area (Å²) in [6, 6.07) is 28.4. The zero-order valence-corrected chi connectivity index (χ0v) is 24.7. The maximum atomic E-state index is 12.7. The molecule has 9 heteroatoms. The Bertz CT molecular complexity index is 1670. The highest BCUT2D eigenvalue weighted by atomic mass is 35.5. The van der Waals surface area contributed by atoms with Crippen molar-refractivity contribution >= 4 is 45.9 Å². The van der Waals surface area contributed by atoms with Crippen LogP contribution in [0.4, 0.5) is 10.8 Å². The lowest BCUT2D eigenvalue weighted by atomic mass is 10.1. The highest BCUT2D eigenvalue weighted by Gasteiger charge is 2.10.